The van der Waals surface area contributed by atoms with Gasteiger partial charge in [0.15, 0.2) is 0 Å². The number of benzene rings is 2. The van der Waals surface area contributed by atoms with Crippen molar-refractivity contribution in [2.45, 2.75) is 26.4 Å². The maximum atomic E-state index is 14.5. The Morgan fingerprint density at radius 1 is 1.14 bits per heavy atom. The van der Waals surface area contributed by atoms with Crippen molar-refractivity contribution >= 4 is 22.5 Å². The summed E-state index contributed by atoms with van der Waals surface area (Å²) in [5.41, 5.74) is 1.55. The molecule has 0 spiro atoms. The molecule has 0 saturated carbocycles. The zero-order valence-corrected chi connectivity index (χ0v) is 16.3. The molecule has 0 fully saturated rings. The van der Waals surface area contributed by atoms with Gasteiger partial charge in [-0.2, -0.15) is 8.78 Å². The lowest BCUT2D eigenvalue weighted by Gasteiger charge is -2.19. The normalized spacial score (nSPS) is 11.3. The second-order valence-electron chi connectivity index (χ2n) is 6.24. The zero-order chi connectivity index (χ0) is 21.0. The molecular weight excluding hydrogens is 407 g/mol. The van der Waals surface area contributed by atoms with E-state index in [2.05, 4.69) is 4.98 Å². The lowest BCUT2D eigenvalue weighted by atomic mass is 9.98. The fourth-order valence-corrected chi connectivity index (χ4v) is 3.26. The molecule has 3 rings (SSSR count). The van der Waals surface area contributed by atoms with E-state index in [1.165, 1.54) is 6.07 Å². The van der Waals surface area contributed by atoms with Crippen molar-refractivity contribution in [3.8, 4) is 11.5 Å². The zero-order valence-electron chi connectivity index (χ0n) is 15.6. The minimum Gasteiger partial charge on any atom is -0.490 e. The van der Waals surface area contributed by atoms with E-state index in [9.17, 15) is 13.2 Å². The van der Waals surface area contributed by atoms with Crippen LogP contribution in [0.5, 0.6) is 11.5 Å². The highest BCUT2D eigenvalue weighted by molar-refractivity contribution is 6.30. The van der Waals surface area contributed by atoms with Crippen LogP contribution in [0.3, 0.4) is 0 Å². The van der Waals surface area contributed by atoms with Gasteiger partial charge in [-0.1, -0.05) is 30.7 Å². The minimum absolute atomic E-state index is 0.0138. The molecule has 154 valence electrons. The molecule has 29 heavy (non-hydrogen) atoms. The van der Waals surface area contributed by atoms with Gasteiger partial charge in [-0.3, -0.25) is 0 Å². The largest absolute Gasteiger partial charge is 0.490 e. The number of aliphatic hydroxyl groups excluding tert-OH is 1. The Hall–Kier alpha value is -2.51. The highest BCUT2D eigenvalue weighted by Crippen LogP contribution is 2.40. The molecule has 1 heterocycles. The molecule has 0 aliphatic rings. The molecule has 0 bridgehead atoms. The first-order valence-electron chi connectivity index (χ1n) is 9.01. The summed E-state index contributed by atoms with van der Waals surface area (Å²) in [6.07, 6.45) is 0.626. The van der Waals surface area contributed by atoms with Crippen molar-refractivity contribution in [2.75, 3.05) is 13.2 Å². The van der Waals surface area contributed by atoms with Crippen molar-refractivity contribution in [3.05, 3.63) is 64.1 Å². The molecule has 1 N–H and O–H groups in total. The number of nitrogens with zero attached hydrogens (tertiary/aromatic N) is 1. The van der Waals surface area contributed by atoms with Crippen molar-refractivity contribution in [1.82, 2.24) is 4.98 Å². The maximum absolute atomic E-state index is 14.5. The molecular formula is C21H19ClF3NO3. The van der Waals surface area contributed by atoms with Gasteiger partial charge in [0.05, 0.1) is 12.0 Å². The van der Waals surface area contributed by atoms with Gasteiger partial charge < -0.3 is 14.6 Å². The molecule has 0 aliphatic carbocycles. The van der Waals surface area contributed by atoms with Crippen molar-refractivity contribution in [1.29, 1.82) is 0 Å². The molecule has 0 saturated heterocycles. The number of pyridine rings is 1. The number of ether oxygens (including phenoxy) is 2. The Morgan fingerprint density at radius 2 is 1.86 bits per heavy atom. The first kappa shape index (κ1) is 21.2. The van der Waals surface area contributed by atoms with Crippen LogP contribution in [0, 0.1) is 5.82 Å². The van der Waals surface area contributed by atoms with E-state index in [4.69, 9.17) is 26.2 Å². The van der Waals surface area contributed by atoms with Gasteiger partial charge in [0, 0.05) is 22.7 Å². The number of aryl methyl sites for hydroxylation is 1. The third-order valence-corrected chi connectivity index (χ3v) is 4.62. The standard InChI is InChI=1S/C21H19ClF3NO3/c1-2-16-14(11-12-3-5-13(22)6-4-12)20(29-21(24)25)18-17(28-10-9-27)8-7-15(23)19(18)26-16/h3-8,21,27H,2,9-11H2,1H3. The summed E-state index contributed by atoms with van der Waals surface area (Å²) in [6.45, 7) is -1.70. The number of fused-ring (bicyclic) bond motifs is 1. The van der Waals surface area contributed by atoms with Crippen molar-refractivity contribution in [2.24, 2.45) is 0 Å². The number of rotatable bonds is 8. The van der Waals surface area contributed by atoms with E-state index >= 15 is 0 Å². The average molecular weight is 426 g/mol. The second-order valence-corrected chi connectivity index (χ2v) is 6.68. The van der Waals surface area contributed by atoms with Crippen LogP contribution in [0.25, 0.3) is 10.9 Å². The quantitative estimate of drug-likeness (QED) is 0.542. The molecule has 0 unspecified atom stereocenters. The molecule has 0 radical (unpaired) electrons. The molecule has 3 aromatic rings. The molecule has 0 amide bonds. The van der Waals surface area contributed by atoms with Crippen molar-refractivity contribution in [3.63, 3.8) is 0 Å². The van der Waals surface area contributed by atoms with Gasteiger partial charge in [-0.15, -0.1) is 0 Å². The van der Waals surface area contributed by atoms with Crippen LogP contribution in [0.1, 0.15) is 23.7 Å². The lowest BCUT2D eigenvalue weighted by Crippen LogP contribution is -2.11. The number of hydrogen-bond acceptors (Lipinski definition) is 4. The highest BCUT2D eigenvalue weighted by atomic mass is 35.5. The summed E-state index contributed by atoms with van der Waals surface area (Å²) in [5, 5.41) is 9.61. The Balaban J connectivity index is 2.27. The van der Waals surface area contributed by atoms with Crippen LogP contribution in [0.2, 0.25) is 5.02 Å². The van der Waals surface area contributed by atoms with Gasteiger partial charge >= 0.3 is 6.61 Å². The minimum atomic E-state index is -3.12. The fourth-order valence-electron chi connectivity index (χ4n) is 3.14. The number of aromatic nitrogens is 1. The SMILES string of the molecule is CCc1nc2c(F)ccc(OCCO)c2c(OC(F)F)c1Cc1ccc(Cl)cc1. The molecule has 0 aliphatic heterocycles. The summed E-state index contributed by atoms with van der Waals surface area (Å²) in [7, 11) is 0. The summed E-state index contributed by atoms with van der Waals surface area (Å²) >= 11 is 5.92. The van der Waals surface area contributed by atoms with E-state index in [-0.39, 0.29) is 42.0 Å². The number of hydrogen-bond donors (Lipinski definition) is 1. The topological polar surface area (TPSA) is 51.6 Å². The monoisotopic (exact) mass is 425 g/mol. The number of halogens is 4. The Kier molecular flexibility index (Phi) is 6.82. The van der Waals surface area contributed by atoms with E-state index in [1.807, 2.05) is 0 Å². The second kappa shape index (κ2) is 9.33. The highest BCUT2D eigenvalue weighted by Gasteiger charge is 2.24. The van der Waals surface area contributed by atoms with E-state index in [0.29, 0.717) is 22.7 Å². The van der Waals surface area contributed by atoms with Gasteiger partial charge in [0.1, 0.15) is 29.4 Å². The predicted octanol–water partition coefficient (Wildman–Crippen LogP) is 5.15. The van der Waals surface area contributed by atoms with Gasteiger partial charge in [0.2, 0.25) is 0 Å². The number of alkyl halides is 2. The van der Waals surface area contributed by atoms with E-state index < -0.39 is 12.4 Å². The third kappa shape index (κ3) is 4.74. The van der Waals surface area contributed by atoms with Gasteiger partial charge in [-0.05, 0) is 36.2 Å². The summed E-state index contributed by atoms with van der Waals surface area (Å²) in [4.78, 5) is 4.38. The smallest absolute Gasteiger partial charge is 0.387 e. The van der Waals surface area contributed by atoms with Crippen LogP contribution in [-0.4, -0.2) is 29.9 Å². The predicted molar refractivity (Wildman–Crippen MR) is 105 cm³/mol. The van der Waals surface area contributed by atoms with Crippen LogP contribution < -0.4 is 9.47 Å². The van der Waals surface area contributed by atoms with E-state index in [0.717, 1.165) is 11.6 Å². The summed E-state index contributed by atoms with van der Waals surface area (Å²) < 4.78 is 51.4. The van der Waals surface area contributed by atoms with Crippen LogP contribution in [-0.2, 0) is 12.8 Å². The molecule has 0 atom stereocenters. The van der Waals surface area contributed by atoms with Gasteiger partial charge in [0.25, 0.3) is 0 Å². The summed E-state index contributed by atoms with van der Waals surface area (Å²) in [6, 6.07) is 9.39. The first-order valence-corrected chi connectivity index (χ1v) is 9.39. The Labute approximate surface area is 170 Å². The Bertz CT molecular complexity index is 997. The fraction of sp³-hybridized carbons (Fsp3) is 0.286. The van der Waals surface area contributed by atoms with E-state index in [1.54, 1.807) is 31.2 Å². The maximum Gasteiger partial charge on any atom is 0.387 e. The lowest BCUT2D eigenvalue weighted by molar-refractivity contribution is -0.0494. The third-order valence-electron chi connectivity index (χ3n) is 4.37. The van der Waals surface area contributed by atoms with Crippen LogP contribution in [0.4, 0.5) is 13.2 Å². The average Bonchev–Trinajstić information content (AvgIpc) is 2.70. The summed E-state index contributed by atoms with van der Waals surface area (Å²) in [5.74, 6) is -0.744. The van der Waals surface area contributed by atoms with Crippen molar-refractivity contribution < 1.29 is 27.8 Å². The Morgan fingerprint density at radius 3 is 2.48 bits per heavy atom. The molecule has 1 aromatic heterocycles. The van der Waals surface area contributed by atoms with Crippen LogP contribution in [0.15, 0.2) is 36.4 Å². The molecule has 2 aromatic carbocycles. The number of aliphatic hydroxyl groups is 1. The van der Waals surface area contributed by atoms with Gasteiger partial charge in [-0.25, -0.2) is 9.37 Å². The molecule has 4 nitrogen and oxygen atoms in total. The van der Waals surface area contributed by atoms with Crippen LogP contribution >= 0.6 is 11.6 Å². The first-order chi connectivity index (χ1) is 13.9. The molecule has 8 heteroatoms.